The third-order valence-electron chi connectivity index (χ3n) is 5.95. The highest BCUT2D eigenvalue weighted by atomic mass is 16.5. The number of ether oxygens (including phenoxy) is 1. The summed E-state index contributed by atoms with van der Waals surface area (Å²) in [7, 11) is 0. The largest absolute Gasteiger partial charge is 0.481 e. The van der Waals surface area contributed by atoms with Gasteiger partial charge in [-0.3, -0.25) is 9.59 Å². The first-order valence-corrected chi connectivity index (χ1v) is 11.2. The second kappa shape index (κ2) is 11.3. The minimum Gasteiger partial charge on any atom is -0.481 e. The number of rotatable bonds is 10. The zero-order chi connectivity index (χ0) is 23.8. The zero-order valence-electron chi connectivity index (χ0n) is 19.0. The number of amides is 2. The predicted octanol–water partition coefficient (Wildman–Crippen LogP) is 4.09. The van der Waals surface area contributed by atoms with Gasteiger partial charge in [-0.2, -0.15) is 0 Å². The maximum absolute atomic E-state index is 12.2. The molecule has 7 nitrogen and oxygen atoms in total. The molecule has 174 valence electrons. The number of carbonyl (C=O) groups excluding carboxylic acids is 2. The fraction of sp³-hybridized carbons (Fsp3) is 0.346. The average molecular weight is 451 g/mol. The first kappa shape index (κ1) is 24.0. The second-order valence-electron chi connectivity index (χ2n) is 8.18. The summed E-state index contributed by atoms with van der Waals surface area (Å²) >= 11 is 0. The van der Waals surface area contributed by atoms with Gasteiger partial charge >= 0.3 is 12.1 Å². The van der Waals surface area contributed by atoms with Crippen LogP contribution in [0.15, 0.2) is 60.2 Å². The lowest BCUT2D eigenvalue weighted by Gasteiger charge is -2.14. The van der Waals surface area contributed by atoms with Crippen molar-refractivity contribution < 1.29 is 24.2 Å². The summed E-state index contributed by atoms with van der Waals surface area (Å²) < 4.78 is 5.48. The van der Waals surface area contributed by atoms with E-state index in [9.17, 15) is 14.4 Å². The van der Waals surface area contributed by atoms with E-state index in [1.807, 2.05) is 31.2 Å². The Labute approximate surface area is 193 Å². The summed E-state index contributed by atoms with van der Waals surface area (Å²) in [6.07, 6.45) is 1.74. The number of carboxylic acids is 1. The number of hydrogen-bond acceptors (Lipinski definition) is 4. The van der Waals surface area contributed by atoms with E-state index in [-0.39, 0.29) is 37.3 Å². The smallest absolute Gasteiger partial charge is 0.407 e. The van der Waals surface area contributed by atoms with Crippen molar-refractivity contribution in [2.75, 3.05) is 19.7 Å². The SMILES string of the molecule is CCC(CNC(=O)/C(C)=C/CNC(=O)OCC1c2ccccc2-c2ccccc21)CC(=O)O. The third-order valence-corrected chi connectivity index (χ3v) is 5.95. The molecule has 1 unspecified atom stereocenters. The normalized spacial score (nSPS) is 13.6. The second-order valence-corrected chi connectivity index (χ2v) is 8.18. The number of carbonyl (C=O) groups is 3. The summed E-state index contributed by atoms with van der Waals surface area (Å²) in [4.78, 5) is 35.2. The molecule has 0 aromatic heterocycles. The molecule has 33 heavy (non-hydrogen) atoms. The molecule has 2 aromatic carbocycles. The van der Waals surface area contributed by atoms with Crippen LogP contribution in [0, 0.1) is 5.92 Å². The molecule has 2 aromatic rings. The standard InChI is InChI=1S/C26H30N2O5/c1-3-18(14-24(29)30)15-28-25(31)17(2)12-13-27-26(32)33-16-23-21-10-6-4-8-19(21)20-9-5-7-11-22(20)23/h4-12,18,23H,3,13-16H2,1-2H3,(H,27,32)(H,28,31)(H,29,30)/b17-12+. The Kier molecular flexibility index (Phi) is 8.24. The molecule has 0 spiro atoms. The number of nitrogens with one attached hydrogen (secondary N) is 2. The molecule has 0 saturated carbocycles. The van der Waals surface area contributed by atoms with E-state index in [1.165, 1.54) is 11.1 Å². The summed E-state index contributed by atoms with van der Waals surface area (Å²) in [5, 5.41) is 14.3. The van der Waals surface area contributed by atoms with E-state index in [1.54, 1.807) is 13.0 Å². The fourth-order valence-electron chi connectivity index (χ4n) is 4.01. The summed E-state index contributed by atoms with van der Waals surface area (Å²) in [6, 6.07) is 16.3. The van der Waals surface area contributed by atoms with Crippen LogP contribution in [0.1, 0.15) is 43.7 Å². The monoisotopic (exact) mass is 450 g/mol. The Morgan fingerprint density at radius 2 is 1.64 bits per heavy atom. The van der Waals surface area contributed by atoms with Gasteiger partial charge in [-0.25, -0.2) is 4.79 Å². The molecule has 7 heteroatoms. The van der Waals surface area contributed by atoms with Crippen molar-refractivity contribution in [3.05, 3.63) is 71.3 Å². The predicted molar refractivity (Wildman–Crippen MR) is 126 cm³/mol. The van der Waals surface area contributed by atoms with Gasteiger partial charge in [-0.15, -0.1) is 0 Å². The Hall–Kier alpha value is -3.61. The molecule has 0 saturated heterocycles. The number of carboxylic acid groups (broad SMARTS) is 1. The van der Waals surface area contributed by atoms with Gasteiger partial charge in [0.1, 0.15) is 6.61 Å². The van der Waals surface area contributed by atoms with Crippen molar-refractivity contribution in [1.29, 1.82) is 0 Å². The van der Waals surface area contributed by atoms with Crippen LogP contribution < -0.4 is 10.6 Å². The van der Waals surface area contributed by atoms with Gasteiger partial charge in [0, 0.05) is 31.0 Å². The molecule has 0 aliphatic heterocycles. The average Bonchev–Trinajstić information content (AvgIpc) is 3.13. The van der Waals surface area contributed by atoms with Crippen molar-refractivity contribution in [3.8, 4) is 11.1 Å². The van der Waals surface area contributed by atoms with E-state index in [0.29, 0.717) is 18.5 Å². The number of hydrogen-bond donors (Lipinski definition) is 3. The van der Waals surface area contributed by atoms with Crippen molar-refractivity contribution in [1.82, 2.24) is 10.6 Å². The van der Waals surface area contributed by atoms with Gasteiger partial charge in [0.2, 0.25) is 5.91 Å². The van der Waals surface area contributed by atoms with Gasteiger partial charge in [0.25, 0.3) is 0 Å². The van der Waals surface area contributed by atoms with E-state index in [2.05, 4.69) is 34.9 Å². The number of aliphatic carboxylic acids is 1. The summed E-state index contributed by atoms with van der Waals surface area (Å²) in [5.41, 5.74) is 5.07. The fourth-order valence-corrected chi connectivity index (χ4v) is 4.01. The van der Waals surface area contributed by atoms with Gasteiger partial charge in [-0.05, 0) is 35.1 Å². The minimum atomic E-state index is -0.879. The molecule has 0 heterocycles. The highest BCUT2D eigenvalue weighted by molar-refractivity contribution is 5.92. The van der Waals surface area contributed by atoms with Crippen LogP contribution in [0.4, 0.5) is 4.79 Å². The Morgan fingerprint density at radius 1 is 1.03 bits per heavy atom. The van der Waals surface area contributed by atoms with Crippen LogP contribution in [0.5, 0.6) is 0 Å². The molecular formula is C26H30N2O5. The molecule has 0 bridgehead atoms. The number of alkyl carbamates (subject to hydrolysis) is 1. The summed E-state index contributed by atoms with van der Waals surface area (Å²) in [6.45, 7) is 4.22. The first-order valence-electron chi connectivity index (χ1n) is 11.2. The number of fused-ring (bicyclic) bond motifs is 3. The molecule has 0 radical (unpaired) electrons. The Balaban J connectivity index is 1.46. The van der Waals surface area contributed by atoms with E-state index < -0.39 is 12.1 Å². The molecule has 2 amide bonds. The third kappa shape index (κ3) is 6.22. The van der Waals surface area contributed by atoms with Gasteiger partial charge in [0.15, 0.2) is 0 Å². The molecular weight excluding hydrogens is 420 g/mol. The molecule has 3 N–H and O–H groups in total. The van der Waals surface area contributed by atoms with Crippen LogP contribution in [0.25, 0.3) is 11.1 Å². The maximum Gasteiger partial charge on any atom is 0.407 e. The molecule has 1 aliphatic rings. The van der Waals surface area contributed by atoms with E-state index >= 15 is 0 Å². The molecule has 3 rings (SSSR count). The minimum absolute atomic E-state index is 0.0106. The van der Waals surface area contributed by atoms with Crippen molar-refractivity contribution in [2.45, 2.75) is 32.6 Å². The van der Waals surface area contributed by atoms with Gasteiger partial charge in [0.05, 0.1) is 0 Å². The highest BCUT2D eigenvalue weighted by Gasteiger charge is 2.28. The molecule has 1 atom stereocenters. The summed E-state index contributed by atoms with van der Waals surface area (Å²) in [5.74, 6) is -1.29. The number of benzene rings is 2. The lowest BCUT2D eigenvalue weighted by molar-refractivity contribution is -0.138. The van der Waals surface area contributed by atoms with Crippen LogP contribution in [-0.2, 0) is 14.3 Å². The lowest BCUT2D eigenvalue weighted by Crippen LogP contribution is -2.31. The Bertz CT molecular complexity index is 1000. The van der Waals surface area contributed by atoms with Crippen LogP contribution in [0.3, 0.4) is 0 Å². The first-order chi connectivity index (χ1) is 15.9. The highest BCUT2D eigenvalue weighted by Crippen LogP contribution is 2.44. The molecule has 1 aliphatic carbocycles. The lowest BCUT2D eigenvalue weighted by atomic mass is 9.98. The zero-order valence-corrected chi connectivity index (χ0v) is 19.0. The maximum atomic E-state index is 12.2. The van der Waals surface area contributed by atoms with E-state index in [0.717, 1.165) is 11.1 Å². The van der Waals surface area contributed by atoms with Crippen LogP contribution >= 0.6 is 0 Å². The quantitative estimate of drug-likeness (QED) is 0.473. The van der Waals surface area contributed by atoms with Crippen LogP contribution in [0.2, 0.25) is 0 Å². The van der Waals surface area contributed by atoms with Crippen molar-refractivity contribution in [2.24, 2.45) is 5.92 Å². The van der Waals surface area contributed by atoms with Crippen molar-refractivity contribution >= 4 is 18.0 Å². The topological polar surface area (TPSA) is 105 Å². The molecule has 0 fully saturated rings. The van der Waals surface area contributed by atoms with Crippen molar-refractivity contribution in [3.63, 3.8) is 0 Å². The van der Waals surface area contributed by atoms with Crippen LogP contribution in [-0.4, -0.2) is 42.8 Å². The Morgan fingerprint density at radius 3 is 2.21 bits per heavy atom. The van der Waals surface area contributed by atoms with E-state index in [4.69, 9.17) is 9.84 Å². The van der Waals surface area contributed by atoms with Gasteiger partial charge < -0.3 is 20.5 Å². The van der Waals surface area contributed by atoms with Gasteiger partial charge in [-0.1, -0.05) is 68.0 Å².